The Hall–Kier alpha value is -4.16. The molecule has 5 rings (SSSR count). The fourth-order valence-electron chi connectivity index (χ4n) is 4.29. The van der Waals surface area contributed by atoms with Crippen LogP contribution in [-0.4, -0.2) is 57.5 Å². The number of aromatic hydroxyl groups is 1. The summed E-state index contributed by atoms with van der Waals surface area (Å²) in [7, 11) is 1.61. The smallest absolute Gasteiger partial charge is 0.212 e. The SMILES string of the molecule is COc1ccc(CC2CNCCN2c2ccc(-c3cc(O)cn4ncc(C#N)c34)cn2)cn1. The molecule has 1 saturated heterocycles. The summed E-state index contributed by atoms with van der Waals surface area (Å²) in [5.41, 5.74) is 3.76. The first-order valence-corrected chi connectivity index (χ1v) is 10.7. The first-order valence-electron chi connectivity index (χ1n) is 10.7. The monoisotopic (exact) mass is 441 g/mol. The number of nitriles is 1. The van der Waals surface area contributed by atoms with Crippen LogP contribution in [0.3, 0.4) is 0 Å². The summed E-state index contributed by atoms with van der Waals surface area (Å²) < 4.78 is 6.68. The number of nitrogens with zero attached hydrogens (tertiary/aromatic N) is 6. The molecule has 0 aromatic carbocycles. The number of pyridine rings is 3. The molecule has 1 atom stereocenters. The maximum Gasteiger partial charge on any atom is 0.212 e. The minimum Gasteiger partial charge on any atom is -0.506 e. The van der Waals surface area contributed by atoms with E-state index in [1.165, 1.54) is 16.9 Å². The van der Waals surface area contributed by atoms with Gasteiger partial charge in [0.1, 0.15) is 17.6 Å². The molecule has 166 valence electrons. The lowest BCUT2D eigenvalue weighted by Gasteiger charge is -2.37. The third-order valence-corrected chi connectivity index (χ3v) is 5.90. The molecule has 1 fully saturated rings. The fourth-order valence-corrected chi connectivity index (χ4v) is 4.29. The summed E-state index contributed by atoms with van der Waals surface area (Å²) in [4.78, 5) is 11.4. The van der Waals surface area contributed by atoms with Gasteiger partial charge in [-0.05, 0) is 30.2 Å². The molecule has 0 bridgehead atoms. The minimum absolute atomic E-state index is 0.0736. The number of methoxy groups -OCH3 is 1. The number of nitrogens with one attached hydrogen (secondary N) is 1. The van der Waals surface area contributed by atoms with E-state index in [1.807, 2.05) is 30.5 Å². The highest BCUT2D eigenvalue weighted by Crippen LogP contribution is 2.31. The van der Waals surface area contributed by atoms with E-state index in [-0.39, 0.29) is 11.8 Å². The normalized spacial score (nSPS) is 16.0. The van der Waals surface area contributed by atoms with Gasteiger partial charge in [-0.1, -0.05) is 6.07 Å². The van der Waals surface area contributed by atoms with Crippen molar-refractivity contribution in [3.8, 4) is 28.8 Å². The summed E-state index contributed by atoms with van der Waals surface area (Å²) in [6.45, 7) is 2.58. The third-order valence-electron chi connectivity index (χ3n) is 5.90. The van der Waals surface area contributed by atoms with Gasteiger partial charge in [0.05, 0.1) is 30.6 Å². The van der Waals surface area contributed by atoms with Crippen LogP contribution in [0.2, 0.25) is 0 Å². The van der Waals surface area contributed by atoms with E-state index in [1.54, 1.807) is 19.4 Å². The van der Waals surface area contributed by atoms with E-state index in [9.17, 15) is 10.4 Å². The minimum atomic E-state index is 0.0736. The predicted molar refractivity (Wildman–Crippen MR) is 123 cm³/mol. The van der Waals surface area contributed by atoms with E-state index in [0.29, 0.717) is 22.5 Å². The molecule has 0 aliphatic carbocycles. The average molecular weight is 441 g/mol. The highest BCUT2D eigenvalue weighted by atomic mass is 16.5. The van der Waals surface area contributed by atoms with Gasteiger partial charge in [0.25, 0.3) is 0 Å². The van der Waals surface area contributed by atoms with Crippen molar-refractivity contribution in [2.24, 2.45) is 0 Å². The van der Waals surface area contributed by atoms with Crippen molar-refractivity contribution in [2.75, 3.05) is 31.6 Å². The van der Waals surface area contributed by atoms with Gasteiger partial charge in [-0.25, -0.2) is 14.5 Å². The largest absolute Gasteiger partial charge is 0.506 e. The molecule has 1 aliphatic rings. The number of hydrogen-bond acceptors (Lipinski definition) is 8. The van der Waals surface area contributed by atoms with Crippen LogP contribution in [-0.2, 0) is 6.42 Å². The zero-order valence-electron chi connectivity index (χ0n) is 18.1. The second-order valence-electron chi connectivity index (χ2n) is 7.94. The Morgan fingerprint density at radius 3 is 2.85 bits per heavy atom. The molecule has 4 aromatic rings. The molecule has 0 saturated carbocycles. The summed E-state index contributed by atoms with van der Waals surface area (Å²) in [6, 6.07) is 11.9. The van der Waals surface area contributed by atoms with Crippen molar-refractivity contribution in [3.05, 3.63) is 66.2 Å². The van der Waals surface area contributed by atoms with Crippen LogP contribution in [0.25, 0.3) is 16.6 Å². The van der Waals surface area contributed by atoms with Crippen molar-refractivity contribution in [1.82, 2.24) is 24.9 Å². The maximum absolute atomic E-state index is 10.1. The Labute approximate surface area is 190 Å². The lowest BCUT2D eigenvalue weighted by Crippen LogP contribution is -2.52. The Balaban J connectivity index is 1.43. The highest BCUT2D eigenvalue weighted by Gasteiger charge is 2.24. The number of fused-ring (bicyclic) bond motifs is 1. The van der Waals surface area contributed by atoms with Gasteiger partial charge in [0.2, 0.25) is 5.88 Å². The fraction of sp³-hybridized carbons (Fsp3) is 0.250. The number of hydrogen-bond donors (Lipinski definition) is 2. The van der Waals surface area contributed by atoms with Crippen LogP contribution < -0.4 is 15.0 Å². The van der Waals surface area contributed by atoms with Crippen molar-refractivity contribution in [1.29, 1.82) is 5.26 Å². The Kier molecular flexibility index (Phi) is 5.50. The van der Waals surface area contributed by atoms with Crippen LogP contribution in [0.5, 0.6) is 11.6 Å². The average Bonchev–Trinajstić information content (AvgIpc) is 3.27. The van der Waals surface area contributed by atoms with E-state index < -0.39 is 0 Å². The number of aromatic nitrogens is 4. The zero-order chi connectivity index (χ0) is 22.8. The molecule has 0 radical (unpaired) electrons. The lowest BCUT2D eigenvalue weighted by atomic mass is 10.0. The van der Waals surface area contributed by atoms with Gasteiger partial charge in [-0.3, -0.25) is 0 Å². The summed E-state index contributed by atoms with van der Waals surface area (Å²) in [5, 5.41) is 27.2. The van der Waals surface area contributed by atoms with Crippen molar-refractivity contribution in [2.45, 2.75) is 12.5 Å². The van der Waals surface area contributed by atoms with E-state index in [0.717, 1.165) is 43.0 Å². The molecular formula is C24H23N7O2. The predicted octanol–water partition coefficient (Wildman–Crippen LogP) is 2.40. The van der Waals surface area contributed by atoms with Gasteiger partial charge < -0.3 is 20.1 Å². The first-order chi connectivity index (χ1) is 16.2. The lowest BCUT2D eigenvalue weighted by molar-refractivity contribution is 0.397. The van der Waals surface area contributed by atoms with E-state index in [4.69, 9.17) is 9.72 Å². The Morgan fingerprint density at radius 2 is 2.12 bits per heavy atom. The van der Waals surface area contributed by atoms with Crippen LogP contribution in [0, 0.1) is 11.3 Å². The maximum atomic E-state index is 10.1. The van der Waals surface area contributed by atoms with Gasteiger partial charge in [0, 0.05) is 55.3 Å². The topological polar surface area (TPSA) is 112 Å². The summed E-state index contributed by atoms with van der Waals surface area (Å²) in [5.74, 6) is 1.56. The van der Waals surface area contributed by atoms with Crippen LogP contribution >= 0.6 is 0 Å². The number of ether oxygens (including phenoxy) is 1. The van der Waals surface area contributed by atoms with Gasteiger partial charge in [0.15, 0.2) is 0 Å². The molecule has 33 heavy (non-hydrogen) atoms. The molecule has 4 aromatic heterocycles. The van der Waals surface area contributed by atoms with Gasteiger partial charge >= 0.3 is 0 Å². The molecule has 0 spiro atoms. The third kappa shape index (κ3) is 4.04. The number of anilines is 1. The van der Waals surface area contributed by atoms with Crippen LogP contribution in [0.4, 0.5) is 5.82 Å². The van der Waals surface area contributed by atoms with Crippen LogP contribution in [0.15, 0.2) is 55.1 Å². The summed E-state index contributed by atoms with van der Waals surface area (Å²) in [6.07, 6.45) is 7.46. The van der Waals surface area contributed by atoms with Gasteiger partial charge in [-0.15, -0.1) is 0 Å². The van der Waals surface area contributed by atoms with Gasteiger partial charge in [-0.2, -0.15) is 10.4 Å². The van der Waals surface area contributed by atoms with Crippen molar-refractivity contribution in [3.63, 3.8) is 0 Å². The number of piperazine rings is 1. The Morgan fingerprint density at radius 1 is 1.21 bits per heavy atom. The first kappa shape index (κ1) is 20.7. The second kappa shape index (κ2) is 8.76. The van der Waals surface area contributed by atoms with Crippen LogP contribution in [0.1, 0.15) is 11.1 Å². The van der Waals surface area contributed by atoms with Crippen molar-refractivity contribution < 1.29 is 9.84 Å². The zero-order valence-corrected chi connectivity index (χ0v) is 18.1. The molecule has 5 heterocycles. The molecule has 9 nitrogen and oxygen atoms in total. The Bertz CT molecular complexity index is 1310. The molecule has 1 aliphatic heterocycles. The summed E-state index contributed by atoms with van der Waals surface area (Å²) >= 11 is 0. The molecule has 1 unspecified atom stereocenters. The standard InChI is InChI=1S/C24H23N7O2/c1-33-23-5-2-16(11-28-23)8-19-14-26-6-7-30(19)22-4-3-17(12-27-22)21-9-20(32)15-31-24(21)18(10-25)13-29-31/h2-5,9,11-13,15,19,26,32H,6-8,14H2,1H3. The number of rotatable bonds is 5. The molecule has 9 heteroatoms. The second-order valence-corrected chi connectivity index (χ2v) is 7.94. The highest BCUT2D eigenvalue weighted by molar-refractivity contribution is 5.85. The quantitative estimate of drug-likeness (QED) is 0.486. The van der Waals surface area contributed by atoms with Crippen molar-refractivity contribution >= 4 is 11.3 Å². The molecule has 0 amide bonds. The van der Waals surface area contributed by atoms with E-state index in [2.05, 4.69) is 26.4 Å². The van der Waals surface area contributed by atoms with E-state index >= 15 is 0 Å². The molecule has 2 N–H and O–H groups in total. The molecular weight excluding hydrogens is 418 g/mol.